The molecule has 1 rings (SSSR count). The van der Waals surface area contributed by atoms with E-state index in [1.165, 1.54) is 0 Å². The quantitative estimate of drug-likeness (QED) is 0.753. The zero-order valence-corrected chi connectivity index (χ0v) is 7.49. The van der Waals surface area contributed by atoms with E-state index in [1.807, 2.05) is 23.9 Å². The molecule has 3 heteroatoms. The maximum atomic E-state index is 5.39. The molecule has 0 aliphatic carbocycles. The van der Waals surface area contributed by atoms with Gasteiger partial charge in [0.25, 0.3) is 0 Å². The van der Waals surface area contributed by atoms with Crippen LogP contribution in [0, 0.1) is 0 Å². The molecule has 0 unspecified atom stereocenters. The van der Waals surface area contributed by atoms with E-state index in [1.54, 1.807) is 0 Å². The minimum atomic E-state index is 0.497. The molecular weight excluding hydrogens is 158 g/mol. The summed E-state index contributed by atoms with van der Waals surface area (Å²) in [7, 11) is 0. The van der Waals surface area contributed by atoms with Gasteiger partial charge in [0.05, 0.1) is 12.3 Å². The van der Waals surface area contributed by atoms with Crippen LogP contribution in [0.1, 0.15) is 18.4 Å². The van der Waals surface area contributed by atoms with Crippen LogP contribution in [0.3, 0.4) is 0 Å². The molecule has 0 spiro atoms. The van der Waals surface area contributed by atoms with E-state index in [0.717, 1.165) is 23.0 Å². The van der Waals surface area contributed by atoms with Crippen LogP contribution in [0.4, 0.5) is 0 Å². The van der Waals surface area contributed by atoms with Crippen LogP contribution in [-0.2, 0) is 12.3 Å². The molecule has 0 saturated carbocycles. The number of rotatable bonds is 4. The molecule has 0 fully saturated rings. The van der Waals surface area contributed by atoms with Crippen molar-refractivity contribution in [3.8, 4) is 0 Å². The molecule has 1 aromatic heterocycles. The van der Waals surface area contributed by atoms with Gasteiger partial charge >= 0.3 is 0 Å². The first-order valence-corrected chi connectivity index (χ1v) is 4.87. The molecule has 0 aliphatic rings. The van der Waals surface area contributed by atoms with Crippen molar-refractivity contribution in [3.05, 3.63) is 23.7 Å². The van der Waals surface area contributed by atoms with Gasteiger partial charge in [0, 0.05) is 0 Å². The van der Waals surface area contributed by atoms with Crippen molar-refractivity contribution in [2.24, 2.45) is 5.73 Å². The van der Waals surface area contributed by atoms with Gasteiger partial charge in [-0.2, -0.15) is 11.8 Å². The third kappa shape index (κ3) is 2.60. The number of furan rings is 1. The van der Waals surface area contributed by atoms with Gasteiger partial charge in [0.15, 0.2) is 0 Å². The molecule has 2 nitrogen and oxygen atoms in total. The summed E-state index contributed by atoms with van der Waals surface area (Å²) in [5.74, 6) is 3.98. The van der Waals surface area contributed by atoms with E-state index in [9.17, 15) is 0 Å². The van der Waals surface area contributed by atoms with Crippen LogP contribution in [0.5, 0.6) is 0 Å². The second-order valence-electron chi connectivity index (χ2n) is 2.21. The van der Waals surface area contributed by atoms with Gasteiger partial charge < -0.3 is 10.2 Å². The summed E-state index contributed by atoms with van der Waals surface area (Å²) in [4.78, 5) is 0. The molecule has 0 atom stereocenters. The third-order valence-electron chi connectivity index (χ3n) is 1.37. The Hall–Kier alpha value is -0.410. The summed E-state index contributed by atoms with van der Waals surface area (Å²) < 4.78 is 5.39. The lowest BCUT2D eigenvalue weighted by molar-refractivity contribution is 0.482. The lowest BCUT2D eigenvalue weighted by Gasteiger charge is -1.92. The van der Waals surface area contributed by atoms with Crippen LogP contribution >= 0.6 is 11.8 Å². The maximum Gasteiger partial charge on any atom is 0.117 e. The lowest BCUT2D eigenvalue weighted by Crippen LogP contribution is -1.92. The zero-order valence-electron chi connectivity index (χ0n) is 6.67. The summed E-state index contributed by atoms with van der Waals surface area (Å²) in [5.41, 5.74) is 5.39. The number of hydrogen-bond donors (Lipinski definition) is 1. The Morgan fingerprint density at radius 1 is 1.45 bits per heavy atom. The average molecular weight is 171 g/mol. The van der Waals surface area contributed by atoms with Gasteiger partial charge in [0.1, 0.15) is 11.5 Å². The van der Waals surface area contributed by atoms with Crippen molar-refractivity contribution < 1.29 is 4.42 Å². The first kappa shape index (κ1) is 8.68. The van der Waals surface area contributed by atoms with Crippen LogP contribution in [0.25, 0.3) is 0 Å². The topological polar surface area (TPSA) is 39.2 Å². The minimum Gasteiger partial charge on any atom is -0.464 e. The van der Waals surface area contributed by atoms with Crippen molar-refractivity contribution in [1.29, 1.82) is 0 Å². The van der Waals surface area contributed by atoms with Crippen molar-refractivity contribution >= 4 is 11.8 Å². The minimum absolute atomic E-state index is 0.497. The van der Waals surface area contributed by atoms with Crippen LogP contribution in [0.2, 0.25) is 0 Å². The largest absolute Gasteiger partial charge is 0.464 e. The van der Waals surface area contributed by atoms with Crippen LogP contribution in [0.15, 0.2) is 16.5 Å². The standard InChI is InChI=1S/C8H13NOS/c1-2-11-6-8-4-3-7(5-9)10-8/h3-4H,2,5-6,9H2,1H3. The molecular formula is C8H13NOS. The SMILES string of the molecule is CCSCc1ccc(CN)o1. The summed E-state index contributed by atoms with van der Waals surface area (Å²) in [6.07, 6.45) is 0. The van der Waals surface area contributed by atoms with Crippen LogP contribution < -0.4 is 5.73 Å². The molecule has 0 saturated heterocycles. The van der Waals surface area contributed by atoms with E-state index in [0.29, 0.717) is 6.54 Å². The molecule has 62 valence electrons. The molecule has 0 aliphatic heterocycles. The Morgan fingerprint density at radius 2 is 2.18 bits per heavy atom. The van der Waals surface area contributed by atoms with Gasteiger partial charge in [-0.3, -0.25) is 0 Å². The highest BCUT2D eigenvalue weighted by Gasteiger charge is 1.98. The molecule has 0 bridgehead atoms. The summed E-state index contributed by atoms with van der Waals surface area (Å²) in [6.45, 7) is 2.63. The normalized spacial score (nSPS) is 10.4. The summed E-state index contributed by atoms with van der Waals surface area (Å²) >= 11 is 1.85. The molecule has 0 amide bonds. The Kier molecular flexibility index (Phi) is 3.52. The Labute approximate surface area is 71.1 Å². The first-order chi connectivity index (χ1) is 5.36. The number of thioether (sulfide) groups is 1. The smallest absolute Gasteiger partial charge is 0.117 e. The van der Waals surface area contributed by atoms with E-state index in [4.69, 9.17) is 10.2 Å². The monoisotopic (exact) mass is 171 g/mol. The fraction of sp³-hybridized carbons (Fsp3) is 0.500. The maximum absolute atomic E-state index is 5.39. The third-order valence-corrected chi connectivity index (χ3v) is 2.26. The van der Waals surface area contributed by atoms with E-state index >= 15 is 0 Å². The lowest BCUT2D eigenvalue weighted by atomic mass is 10.4. The van der Waals surface area contributed by atoms with Gasteiger partial charge in [-0.25, -0.2) is 0 Å². The Balaban J connectivity index is 2.44. The highest BCUT2D eigenvalue weighted by atomic mass is 32.2. The Bertz CT molecular complexity index is 210. The summed E-state index contributed by atoms with van der Waals surface area (Å²) in [6, 6.07) is 3.93. The molecule has 0 aromatic carbocycles. The molecule has 1 heterocycles. The van der Waals surface area contributed by atoms with Crippen molar-refractivity contribution in [1.82, 2.24) is 0 Å². The van der Waals surface area contributed by atoms with Crippen molar-refractivity contribution in [3.63, 3.8) is 0 Å². The fourth-order valence-electron chi connectivity index (χ4n) is 0.812. The summed E-state index contributed by atoms with van der Waals surface area (Å²) in [5, 5.41) is 0. The van der Waals surface area contributed by atoms with Crippen LogP contribution in [-0.4, -0.2) is 5.75 Å². The van der Waals surface area contributed by atoms with Gasteiger partial charge in [-0.05, 0) is 17.9 Å². The molecule has 2 N–H and O–H groups in total. The highest BCUT2D eigenvalue weighted by Crippen LogP contribution is 2.14. The number of hydrogen-bond acceptors (Lipinski definition) is 3. The molecule has 0 radical (unpaired) electrons. The van der Waals surface area contributed by atoms with Gasteiger partial charge in [-0.1, -0.05) is 6.92 Å². The van der Waals surface area contributed by atoms with Crippen molar-refractivity contribution in [2.45, 2.75) is 19.2 Å². The predicted molar refractivity (Wildman–Crippen MR) is 48.4 cm³/mol. The second-order valence-corrected chi connectivity index (χ2v) is 3.48. The second kappa shape index (κ2) is 4.46. The zero-order chi connectivity index (χ0) is 8.10. The van der Waals surface area contributed by atoms with Crippen molar-refractivity contribution in [2.75, 3.05) is 5.75 Å². The van der Waals surface area contributed by atoms with E-state index < -0.39 is 0 Å². The predicted octanol–water partition coefficient (Wildman–Crippen LogP) is 1.99. The first-order valence-electron chi connectivity index (χ1n) is 3.72. The van der Waals surface area contributed by atoms with Gasteiger partial charge in [0.2, 0.25) is 0 Å². The number of nitrogens with two attached hydrogens (primary N) is 1. The van der Waals surface area contributed by atoms with E-state index in [2.05, 4.69) is 6.92 Å². The van der Waals surface area contributed by atoms with E-state index in [-0.39, 0.29) is 0 Å². The highest BCUT2D eigenvalue weighted by molar-refractivity contribution is 7.98. The Morgan fingerprint density at radius 3 is 2.73 bits per heavy atom. The van der Waals surface area contributed by atoms with Gasteiger partial charge in [-0.15, -0.1) is 0 Å². The fourth-order valence-corrected chi connectivity index (χ4v) is 1.37. The average Bonchev–Trinajstić information content (AvgIpc) is 2.48. The molecule has 11 heavy (non-hydrogen) atoms. The molecule has 1 aromatic rings.